The number of hydrogen-bond acceptors (Lipinski definition) is 6. The highest BCUT2D eigenvalue weighted by molar-refractivity contribution is 7.15. The molecule has 6 nitrogen and oxygen atoms in total. The van der Waals surface area contributed by atoms with E-state index in [1.807, 2.05) is 41.1 Å². The number of carbonyl (C=O) groups excluding carboxylic acids is 1. The number of imidazole rings is 1. The minimum atomic E-state index is -0.135. The molecular formula is C16H13N5OS2. The molecule has 0 radical (unpaired) electrons. The van der Waals surface area contributed by atoms with Gasteiger partial charge in [-0.2, -0.15) is 0 Å². The average Bonchev–Trinajstić information content (AvgIpc) is 3.28. The van der Waals surface area contributed by atoms with Crippen molar-refractivity contribution in [2.75, 3.05) is 5.32 Å². The van der Waals surface area contributed by atoms with Crippen molar-refractivity contribution in [1.29, 1.82) is 0 Å². The summed E-state index contributed by atoms with van der Waals surface area (Å²) < 4.78 is 1.89. The molecule has 4 aromatic rings. The number of anilines is 1. The molecule has 0 spiro atoms. The number of nitrogens with one attached hydrogen (secondary N) is 1. The Kier molecular flexibility index (Phi) is 3.83. The number of nitrogens with zero attached hydrogens (tertiary/aromatic N) is 4. The van der Waals surface area contributed by atoms with Gasteiger partial charge in [-0.1, -0.05) is 12.1 Å². The summed E-state index contributed by atoms with van der Waals surface area (Å²) in [5, 5.41) is 5.38. The first-order chi connectivity index (χ1) is 11.7. The highest BCUT2D eigenvalue weighted by Gasteiger charge is 2.16. The van der Waals surface area contributed by atoms with Gasteiger partial charge in [0.1, 0.15) is 12.2 Å². The van der Waals surface area contributed by atoms with Crippen LogP contribution < -0.4 is 5.32 Å². The molecule has 4 rings (SSSR count). The van der Waals surface area contributed by atoms with Gasteiger partial charge in [0.15, 0.2) is 11.0 Å². The highest BCUT2D eigenvalue weighted by atomic mass is 32.1. The maximum absolute atomic E-state index is 12.4. The monoisotopic (exact) mass is 355 g/mol. The van der Waals surface area contributed by atoms with Crippen molar-refractivity contribution in [3.05, 3.63) is 46.2 Å². The van der Waals surface area contributed by atoms with E-state index in [2.05, 4.69) is 20.3 Å². The third-order valence-electron chi connectivity index (χ3n) is 3.49. The van der Waals surface area contributed by atoms with E-state index in [1.54, 1.807) is 11.7 Å². The summed E-state index contributed by atoms with van der Waals surface area (Å²) >= 11 is 2.96. The molecule has 24 heavy (non-hydrogen) atoms. The lowest BCUT2D eigenvalue weighted by Crippen LogP contribution is -2.19. The Morgan fingerprint density at radius 3 is 2.92 bits per heavy atom. The van der Waals surface area contributed by atoms with Gasteiger partial charge < -0.3 is 9.88 Å². The largest absolute Gasteiger partial charge is 0.313 e. The molecule has 8 heteroatoms. The summed E-state index contributed by atoms with van der Waals surface area (Å²) in [6.07, 6.45) is 1.74. The number of hydrogen-bond donors (Lipinski definition) is 1. The summed E-state index contributed by atoms with van der Waals surface area (Å²) in [4.78, 5) is 26.6. The van der Waals surface area contributed by atoms with Gasteiger partial charge in [0.25, 0.3) is 0 Å². The first-order valence-corrected chi connectivity index (χ1v) is 9.03. The second kappa shape index (κ2) is 6.14. The minimum absolute atomic E-state index is 0.135. The van der Waals surface area contributed by atoms with E-state index in [1.165, 1.54) is 22.7 Å². The third kappa shape index (κ3) is 2.81. The van der Waals surface area contributed by atoms with E-state index in [4.69, 9.17) is 0 Å². The number of rotatable bonds is 4. The summed E-state index contributed by atoms with van der Waals surface area (Å²) in [6, 6.07) is 7.76. The second-order valence-electron chi connectivity index (χ2n) is 5.21. The van der Waals surface area contributed by atoms with Crippen LogP contribution in [0.2, 0.25) is 0 Å². The number of carbonyl (C=O) groups is 1. The smallest absolute Gasteiger partial charge is 0.246 e. The average molecular weight is 355 g/mol. The molecule has 0 saturated carbocycles. The van der Waals surface area contributed by atoms with Gasteiger partial charge in [-0.25, -0.2) is 15.0 Å². The number of para-hydroxylation sites is 2. The number of benzene rings is 1. The molecule has 1 aromatic carbocycles. The quantitative estimate of drug-likeness (QED) is 0.607. The second-order valence-corrected chi connectivity index (χ2v) is 7.16. The maximum atomic E-state index is 12.4. The SMILES string of the molecule is Cc1cnc(NC(=O)Cn2c(-c3cscn3)nc3ccccc32)s1. The number of fused-ring (bicyclic) bond motifs is 1. The fourth-order valence-corrected chi connectivity index (χ4v) is 3.68. The van der Waals surface area contributed by atoms with Crippen LogP contribution in [0.1, 0.15) is 4.88 Å². The van der Waals surface area contributed by atoms with Crippen molar-refractivity contribution in [1.82, 2.24) is 19.5 Å². The Labute approximate surface area is 145 Å². The highest BCUT2D eigenvalue weighted by Crippen LogP contribution is 2.25. The van der Waals surface area contributed by atoms with Crippen molar-refractivity contribution in [3.63, 3.8) is 0 Å². The van der Waals surface area contributed by atoms with Crippen molar-refractivity contribution in [3.8, 4) is 11.5 Å². The van der Waals surface area contributed by atoms with E-state index in [9.17, 15) is 4.79 Å². The van der Waals surface area contributed by atoms with Crippen molar-refractivity contribution < 1.29 is 4.79 Å². The van der Waals surface area contributed by atoms with Gasteiger partial charge in [0.2, 0.25) is 5.91 Å². The zero-order valence-corrected chi connectivity index (χ0v) is 14.4. The van der Waals surface area contributed by atoms with E-state index in [0.29, 0.717) is 11.0 Å². The van der Waals surface area contributed by atoms with Crippen LogP contribution in [0.4, 0.5) is 5.13 Å². The van der Waals surface area contributed by atoms with Gasteiger partial charge in [-0.15, -0.1) is 22.7 Å². The fourth-order valence-electron chi connectivity index (χ4n) is 2.47. The summed E-state index contributed by atoms with van der Waals surface area (Å²) in [6.45, 7) is 2.11. The first-order valence-electron chi connectivity index (χ1n) is 7.27. The van der Waals surface area contributed by atoms with Gasteiger partial charge in [0, 0.05) is 16.5 Å². The molecule has 1 amide bonds. The lowest BCUT2D eigenvalue weighted by molar-refractivity contribution is -0.116. The molecule has 3 aromatic heterocycles. The van der Waals surface area contributed by atoms with Crippen LogP contribution in [0.25, 0.3) is 22.6 Å². The number of aromatic nitrogens is 4. The van der Waals surface area contributed by atoms with Crippen molar-refractivity contribution in [2.45, 2.75) is 13.5 Å². The Morgan fingerprint density at radius 2 is 2.17 bits per heavy atom. The topological polar surface area (TPSA) is 72.7 Å². The summed E-state index contributed by atoms with van der Waals surface area (Å²) in [7, 11) is 0. The lowest BCUT2D eigenvalue weighted by atomic mass is 10.3. The summed E-state index contributed by atoms with van der Waals surface area (Å²) in [5.41, 5.74) is 4.29. The van der Waals surface area contributed by atoms with Gasteiger partial charge in [-0.05, 0) is 19.1 Å². The Bertz CT molecular complexity index is 1000. The van der Waals surface area contributed by atoms with E-state index >= 15 is 0 Å². The Balaban J connectivity index is 1.69. The van der Waals surface area contributed by atoms with Crippen molar-refractivity contribution >= 4 is 44.7 Å². The molecule has 0 bridgehead atoms. The molecule has 0 aliphatic heterocycles. The molecule has 0 fully saturated rings. The molecular weight excluding hydrogens is 342 g/mol. The van der Waals surface area contributed by atoms with Crippen LogP contribution in [-0.4, -0.2) is 25.4 Å². The van der Waals surface area contributed by atoms with E-state index in [-0.39, 0.29) is 12.5 Å². The maximum Gasteiger partial charge on any atom is 0.246 e. The van der Waals surface area contributed by atoms with E-state index < -0.39 is 0 Å². The van der Waals surface area contributed by atoms with Gasteiger partial charge in [0.05, 0.1) is 16.5 Å². The van der Waals surface area contributed by atoms with Crippen LogP contribution >= 0.6 is 22.7 Å². The molecule has 0 atom stereocenters. The third-order valence-corrected chi connectivity index (χ3v) is 4.90. The van der Waals surface area contributed by atoms with Crippen LogP contribution in [0.15, 0.2) is 41.4 Å². The molecule has 1 N–H and O–H groups in total. The lowest BCUT2D eigenvalue weighted by Gasteiger charge is -2.07. The normalized spacial score (nSPS) is 11.0. The van der Waals surface area contributed by atoms with Crippen LogP contribution in [0.5, 0.6) is 0 Å². The molecule has 0 aliphatic rings. The molecule has 120 valence electrons. The zero-order chi connectivity index (χ0) is 16.5. The van der Waals surface area contributed by atoms with Gasteiger partial charge in [-0.3, -0.25) is 4.79 Å². The van der Waals surface area contributed by atoms with E-state index in [0.717, 1.165) is 21.6 Å². The van der Waals surface area contributed by atoms with Crippen LogP contribution in [0, 0.1) is 6.92 Å². The van der Waals surface area contributed by atoms with Gasteiger partial charge >= 0.3 is 0 Å². The Morgan fingerprint density at radius 1 is 1.29 bits per heavy atom. The first kappa shape index (κ1) is 15.0. The van der Waals surface area contributed by atoms with Crippen LogP contribution in [0.3, 0.4) is 0 Å². The zero-order valence-electron chi connectivity index (χ0n) is 12.8. The van der Waals surface area contributed by atoms with Crippen LogP contribution in [-0.2, 0) is 11.3 Å². The molecule has 0 aliphatic carbocycles. The molecule has 0 saturated heterocycles. The van der Waals surface area contributed by atoms with Crippen molar-refractivity contribution in [2.24, 2.45) is 0 Å². The predicted molar refractivity (Wildman–Crippen MR) is 96.3 cm³/mol. The molecule has 3 heterocycles. The summed E-state index contributed by atoms with van der Waals surface area (Å²) in [5.74, 6) is 0.562. The number of amides is 1. The Hall–Kier alpha value is -2.58. The minimum Gasteiger partial charge on any atom is -0.313 e. The standard InChI is InChI=1S/C16H13N5OS2/c1-10-6-17-16(24-10)20-14(22)7-21-13-5-3-2-4-11(13)19-15(21)12-8-23-9-18-12/h2-6,8-9H,7H2,1H3,(H,17,20,22). The number of aryl methyl sites for hydroxylation is 1. The fraction of sp³-hybridized carbons (Fsp3) is 0.125. The molecule has 0 unspecified atom stereocenters. The predicted octanol–water partition coefficient (Wildman–Crippen LogP) is 3.56. The number of thiazole rings is 2.